The molecule has 2 nitrogen and oxygen atoms in total. The predicted molar refractivity (Wildman–Crippen MR) is 109 cm³/mol. The second-order valence-electron chi connectivity index (χ2n) is 9.30. The van der Waals surface area contributed by atoms with Crippen LogP contribution in [-0.2, 0) is 0 Å². The third-order valence-corrected chi connectivity index (χ3v) is 4.84. The number of aliphatic hydroxyl groups is 1. The van der Waals surface area contributed by atoms with Crippen LogP contribution in [0.15, 0.2) is 40.1 Å². The minimum atomic E-state index is -0.177. The van der Waals surface area contributed by atoms with E-state index in [0.717, 1.165) is 11.3 Å². The highest BCUT2D eigenvalue weighted by Crippen LogP contribution is 2.48. The van der Waals surface area contributed by atoms with Gasteiger partial charge in [0.05, 0.1) is 5.71 Å². The number of allylic oxidation sites excluding steroid dienone is 4. The van der Waals surface area contributed by atoms with Crippen LogP contribution in [0.2, 0.25) is 0 Å². The average molecular weight is 340 g/mol. The Bertz CT molecular complexity index is 757. The predicted octanol–water partition coefficient (Wildman–Crippen LogP) is 6.44. The lowest BCUT2D eigenvalue weighted by atomic mass is 9.67. The maximum atomic E-state index is 11.0. The number of hydrogen-bond acceptors (Lipinski definition) is 2. The highest BCUT2D eigenvalue weighted by molar-refractivity contribution is 6.08. The van der Waals surface area contributed by atoms with Crippen LogP contribution in [0, 0.1) is 24.7 Å². The fraction of sp³-hybridized carbons (Fsp3) is 0.522. The van der Waals surface area contributed by atoms with Crippen molar-refractivity contribution in [1.29, 1.82) is 0 Å². The van der Waals surface area contributed by atoms with Gasteiger partial charge in [0.2, 0.25) is 0 Å². The number of benzene rings is 1. The lowest BCUT2D eigenvalue weighted by Gasteiger charge is -2.37. The Morgan fingerprint density at radius 2 is 1.40 bits per heavy atom. The van der Waals surface area contributed by atoms with E-state index in [0.29, 0.717) is 12.2 Å². The maximum absolute atomic E-state index is 11.0. The largest absolute Gasteiger partial charge is 0.506 e. The van der Waals surface area contributed by atoms with Crippen LogP contribution >= 0.6 is 0 Å². The van der Waals surface area contributed by atoms with Crippen LogP contribution in [0.25, 0.3) is 5.57 Å². The Balaban J connectivity index is 2.94. The highest BCUT2D eigenvalue weighted by atomic mass is 16.3. The number of aliphatic imine (C=N–C) groups is 1. The van der Waals surface area contributed by atoms with Gasteiger partial charge < -0.3 is 5.11 Å². The SMILES string of the molecule is CN=C1CC(C(C)(C)C)=C(c2cc(C)cc(C)c2)C(C(C)(C)C)=C1O. The van der Waals surface area contributed by atoms with Crippen molar-refractivity contribution in [3.8, 4) is 0 Å². The topological polar surface area (TPSA) is 32.6 Å². The van der Waals surface area contributed by atoms with Crippen LogP contribution in [0.5, 0.6) is 0 Å². The minimum absolute atomic E-state index is 0.000123. The molecular formula is C23H33NO. The second kappa shape index (κ2) is 6.48. The van der Waals surface area contributed by atoms with Crippen molar-refractivity contribution in [1.82, 2.24) is 0 Å². The van der Waals surface area contributed by atoms with Crippen molar-refractivity contribution in [2.45, 2.75) is 61.8 Å². The van der Waals surface area contributed by atoms with E-state index in [1.807, 2.05) is 0 Å². The molecule has 0 unspecified atom stereocenters. The van der Waals surface area contributed by atoms with Crippen molar-refractivity contribution in [2.24, 2.45) is 15.8 Å². The summed E-state index contributed by atoms with van der Waals surface area (Å²) in [5.74, 6) is 0.358. The Kier molecular flexibility index (Phi) is 5.05. The lowest BCUT2D eigenvalue weighted by Crippen LogP contribution is -2.27. The smallest absolute Gasteiger partial charge is 0.141 e. The van der Waals surface area contributed by atoms with Crippen LogP contribution in [-0.4, -0.2) is 17.9 Å². The van der Waals surface area contributed by atoms with Crippen LogP contribution in [0.1, 0.15) is 64.7 Å². The summed E-state index contributed by atoms with van der Waals surface area (Å²) in [4.78, 5) is 4.39. The molecule has 0 bridgehead atoms. The highest BCUT2D eigenvalue weighted by Gasteiger charge is 2.37. The molecule has 0 aliphatic heterocycles. The van der Waals surface area contributed by atoms with Crippen molar-refractivity contribution >= 4 is 11.3 Å². The molecule has 0 atom stereocenters. The molecule has 0 radical (unpaired) electrons. The summed E-state index contributed by atoms with van der Waals surface area (Å²) < 4.78 is 0. The Morgan fingerprint density at radius 1 is 0.880 bits per heavy atom. The minimum Gasteiger partial charge on any atom is -0.506 e. The Labute approximate surface area is 153 Å². The van der Waals surface area contributed by atoms with Crippen molar-refractivity contribution in [3.63, 3.8) is 0 Å². The average Bonchev–Trinajstić information content (AvgIpc) is 2.42. The molecule has 0 saturated carbocycles. The molecule has 1 aromatic carbocycles. The van der Waals surface area contributed by atoms with E-state index in [2.05, 4.69) is 78.6 Å². The summed E-state index contributed by atoms with van der Waals surface area (Å²) in [6.45, 7) is 17.5. The first kappa shape index (κ1) is 19.5. The zero-order valence-corrected chi connectivity index (χ0v) is 17.3. The fourth-order valence-electron chi connectivity index (χ4n) is 3.75. The fourth-order valence-corrected chi connectivity index (χ4v) is 3.75. The van der Waals surface area contributed by atoms with E-state index in [-0.39, 0.29) is 10.8 Å². The first-order valence-electron chi connectivity index (χ1n) is 9.08. The number of rotatable bonds is 1. The van der Waals surface area contributed by atoms with Crippen molar-refractivity contribution < 1.29 is 5.11 Å². The van der Waals surface area contributed by atoms with Gasteiger partial charge in [0.1, 0.15) is 5.76 Å². The summed E-state index contributed by atoms with van der Waals surface area (Å²) in [5.41, 5.74) is 7.88. The lowest BCUT2D eigenvalue weighted by molar-refractivity contribution is 0.400. The van der Waals surface area contributed by atoms with Gasteiger partial charge in [-0.1, -0.05) is 76.4 Å². The first-order valence-corrected chi connectivity index (χ1v) is 9.08. The molecule has 0 aromatic heterocycles. The maximum Gasteiger partial charge on any atom is 0.141 e. The van der Waals surface area contributed by atoms with Gasteiger partial charge in [0, 0.05) is 19.0 Å². The molecule has 0 heterocycles. The van der Waals surface area contributed by atoms with Crippen LogP contribution in [0.4, 0.5) is 0 Å². The van der Waals surface area contributed by atoms with Gasteiger partial charge >= 0.3 is 0 Å². The van der Waals surface area contributed by atoms with Gasteiger partial charge in [-0.3, -0.25) is 4.99 Å². The van der Waals surface area contributed by atoms with Crippen molar-refractivity contribution in [2.75, 3.05) is 7.05 Å². The standard InChI is InChI=1S/C23H33NO/c1-14-10-15(2)12-16(11-14)19-17(22(3,4)5)13-18(24-9)21(25)20(19)23(6,7)8/h10-12,25H,13H2,1-9H3. The monoisotopic (exact) mass is 339 g/mol. The van der Waals surface area contributed by atoms with Gasteiger partial charge in [-0.2, -0.15) is 0 Å². The molecule has 25 heavy (non-hydrogen) atoms. The summed E-state index contributed by atoms with van der Waals surface area (Å²) in [6, 6.07) is 6.67. The number of hydrogen-bond donors (Lipinski definition) is 1. The second-order valence-corrected chi connectivity index (χ2v) is 9.30. The van der Waals surface area contributed by atoms with E-state index in [4.69, 9.17) is 0 Å². The zero-order chi connectivity index (χ0) is 19.2. The zero-order valence-electron chi connectivity index (χ0n) is 17.3. The van der Waals surface area contributed by atoms with E-state index in [1.54, 1.807) is 7.05 Å². The molecule has 0 fully saturated rings. The molecular weight excluding hydrogens is 306 g/mol. The molecule has 2 rings (SSSR count). The molecule has 1 aliphatic carbocycles. The summed E-state index contributed by atoms with van der Waals surface area (Å²) in [7, 11) is 1.77. The van der Waals surface area contributed by atoms with Gasteiger partial charge in [0.25, 0.3) is 0 Å². The van der Waals surface area contributed by atoms with E-state index in [1.165, 1.54) is 27.8 Å². The molecule has 1 aliphatic rings. The van der Waals surface area contributed by atoms with Crippen molar-refractivity contribution in [3.05, 3.63) is 51.8 Å². The Morgan fingerprint density at radius 3 is 1.80 bits per heavy atom. The third kappa shape index (κ3) is 3.89. The van der Waals surface area contributed by atoms with Gasteiger partial charge in [-0.05, 0) is 35.8 Å². The Hall–Kier alpha value is -1.83. The van der Waals surface area contributed by atoms with Crippen LogP contribution < -0.4 is 0 Å². The first-order chi connectivity index (χ1) is 11.4. The molecule has 136 valence electrons. The number of aliphatic hydroxyl groups excluding tert-OH is 1. The molecule has 0 spiro atoms. The van der Waals surface area contributed by atoms with Crippen LogP contribution in [0.3, 0.4) is 0 Å². The van der Waals surface area contributed by atoms with E-state index < -0.39 is 0 Å². The van der Waals surface area contributed by atoms with Gasteiger partial charge in [-0.25, -0.2) is 0 Å². The quantitative estimate of drug-likeness (QED) is 0.627. The normalized spacial score (nSPS) is 18.4. The summed E-state index contributed by atoms with van der Waals surface area (Å²) in [6.07, 6.45) is 0.702. The number of nitrogens with zero attached hydrogens (tertiary/aromatic N) is 1. The molecule has 1 N–H and O–H groups in total. The van der Waals surface area contributed by atoms with E-state index >= 15 is 0 Å². The third-order valence-electron chi connectivity index (χ3n) is 4.84. The molecule has 1 aromatic rings. The van der Waals surface area contributed by atoms with Gasteiger partial charge in [-0.15, -0.1) is 0 Å². The number of aryl methyl sites for hydroxylation is 2. The molecule has 2 heteroatoms. The summed E-state index contributed by atoms with van der Waals surface area (Å²) >= 11 is 0. The molecule has 0 amide bonds. The molecule has 0 saturated heterocycles. The van der Waals surface area contributed by atoms with E-state index in [9.17, 15) is 5.11 Å². The van der Waals surface area contributed by atoms with Gasteiger partial charge in [0.15, 0.2) is 0 Å². The summed E-state index contributed by atoms with van der Waals surface area (Å²) in [5, 5.41) is 11.0.